The molecular weight excluding hydrogens is 246 g/mol. The third-order valence-electron chi connectivity index (χ3n) is 3.49. The topological polar surface area (TPSA) is 67.8 Å². The molecule has 2 N–H and O–H groups in total. The smallest absolute Gasteiger partial charge is 0.307 e. The Hall–Kier alpha value is -1.59. The average molecular weight is 265 g/mol. The molecule has 1 fully saturated rings. The van der Waals surface area contributed by atoms with E-state index in [2.05, 4.69) is 5.32 Å². The van der Waals surface area contributed by atoms with Crippen molar-refractivity contribution < 1.29 is 19.4 Å². The molecule has 1 aromatic rings. The fourth-order valence-electron chi connectivity index (χ4n) is 2.56. The van der Waals surface area contributed by atoms with Gasteiger partial charge in [0.2, 0.25) is 0 Å². The van der Waals surface area contributed by atoms with Crippen molar-refractivity contribution in [2.24, 2.45) is 5.92 Å². The lowest BCUT2D eigenvalue weighted by atomic mass is 9.97. The van der Waals surface area contributed by atoms with Crippen LogP contribution >= 0.6 is 0 Å². The highest BCUT2D eigenvalue weighted by atomic mass is 16.5. The van der Waals surface area contributed by atoms with Gasteiger partial charge in [0.25, 0.3) is 0 Å². The second kappa shape index (κ2) is 6.04. The Morgan fingerprint density at radius 1 is 1.47 bits per heavy atom. The minimum absolute atomic E-state index is 0.0212. The summed E-state index contributed by atoms with van der Waals surface area (Å²) in [5.41, 5.74) is 1.98. The van der Waals surface area contributed by atoms with E-state index in [1.54, 1.807) is 14.2 Å². The number of rotatable bonds is 5. The standard InChI is InChI=1S/C14H19NO4/c1-18-8-9-4-3-5-11(13(9)19-2)12-6-10(7-15-12)14(16)17/h3-5,10,12,15H,6-8H2,1-2H3,(H,16,17). The van der Waals surface area contributed by atoms with Crippen LogP contribution < -0.4 is 10.1 Å². The van der Waals surface area contributed by atoms with Crippen LogP contribution in [-0.2, 0) is 16.1 Å². The van der Waals surface area contributed by atoms with Crippen molar-refractivity contribution in [1.82, 2.24) is 5.32 Å². The highest BCUT2D eigenvalue weighted by molar-refractivity contribution is 5.71. The Morgan fingerprint density at radius 2 is 2.26 bits per heavy atom. The molecule has 0 amide bonds. The molecule has 0 aliphatic carbocycles. The minimum Gasteiger partial charge on any atom is -0.496 e. The molecule has 0 bridgehead atoms. The van der Waals surface area contributed by atoms with E-state index < -0.39 is 5.97 Å². The number of nitrogens with one attached hydrogen (secondary N) is 1. The first-order chi connectivity index (χ1) is 9.17. The molecular formula is C14H19NO4. The predicted molar refractivity (Wildman–Crippen MR) is 70.2 cm³/mol. The average Bonchev–Trinajstić information content (AvgIpc) is 2.88. The zero-order chi connectivity index (χ0) is 13.8. The lowest BCUT2D eigenvalue weighted by molar-refractivity contribution is -0.141. The lowest BCUT2D eigenvalue weighted by Crippen LogP contribution is -2.17. The van der Waals surface area contributed by atoms with E-state index >= 15 is 0 Å². The van der Waals surface area contributed by atoms with Crippen LogP contribution in [0.15, 0.2) is 18.2 Å². The van der Waals surface area contributed by atoms with Crippen LogP contribution in [0.3, 0.4) is 0 Å². The lowest BCUT2D eigenvalue weighted by Gasteiger charge is -2.18. The van der Waals surface area contributed by atoms with Gasteiger partial charge in [-0.3, -0.25) is 4.79 Å². The molecule has 0 saturated carbocycles. The van der Waals surface area contributed by atoms with Gasteiger partial charge in [-0.2, -0.15) is 0 Å². The molecule has 19 heavy (non-hydrogen) atoms. The van der Waals surface area contributed by atoms with E-state index in [9.17, 15) is 4.79 Å². The van der Waals surface area contributed by atoms with Crippen molar-refractivity contribution >= 4 is 5.97 Å². The van der Waals surface area contributed by atoms with Gasteiger partial charge >= 0.3 is 5.97 Å². The zero-order valence-electron chi connectivity index (χ0n) is 11.2. The molecule has 1 aliphatic rings. The molecule has 2 atom stereocenters. The molecule has 0 spiro atoms. The maximum Gasteiger partial charge on any atom is 0.307 e. The third-order valence-corrected chi connectivity index (χ3v) is 3.49. The van der Waals surface area contributed by atoms with Gasteiger partial charge in [-0.1, -0.05) is 18.2 Å². The molecule has 104 valence electrons. The first kappa shape index (κ1) is 13.8. The van der Waals surface area contributed by atoms with Crippen molar-refractivity contribution in [1.29, 1.82) is 0 Å². The SMILES string of the molecule is COCc1cccc(C2CC(C(=O)O)CN2)c1OC. The van der Waals surface area contributed by atoms with Gasteiger partial charge in [0, 0.05) is 30.8 Å². The molecule has 0 aromatic heterocycles. The summed E-state index contributed by atoms with van der Waals surface area (Å²) in [6.07, 6.45) is 0.585. The number of hydrogen-bond donors (Lipinski definition) is 2. The number of aliphatic carboxylic acids is 1. The number of hydrogen-bond acceptors (Lipinski definition) is 4. The monoisotopic (exact) mass is 265 g/mol. The predicted octanol–water partition coefficient (Wildman–Crippen LogP) is 1.58. The Labute approximate surface area is 112 Å². The molecule has 1 heterocycles. The molecule has 1 aliphatic heterocycles. The van der Waals surface area contributed by atoms with Crippen molar-refractivity contribution in [2.45, 2.75) is 19.1 Å². The quantitative estimate of drug-likeness (QED) is 0.846. The van der Waals surface area contributed by atoms with Crippen molar-refractivity contribution in [3.8, 4) is 5.75 Å². The second-order valence-electron chi connectivity index (χ2n) is 4.70. The van der Waals surface area contributed by atoms with Crippen LogP contribution in [0.2, 0.25) is 0 Å². The van der Waals surface area contributed by atoms with Gasteiger partial charge in [-0.15, -0.1) is 0 Å². The number of para-hydroxylation sites is 1. The van der Waals surface area contributed by atoms with Crippen LogP contribution in [0.25, 0.3) is 0 Å². The molecule has 2 unspecified atom stereocenters. The van der Waals surface area contributed by atoms with Gasteiger partial charge in [-0.25, -0.2) is 0 Å². The molecule has 1 aromatic carbocycles. The summed E-state index contributed by atoms with van der Waals surface area (Å²) in [6, 6.07) is 5.89. The highest BCUT2D eigenvalue weighted by Crippen LogP contribution is 2.35. The van der Waals surface area contributed by atoms with E-state index in [4.69, 9.17) is 14.6 Å². The Kier molecular flexibility index (Phi) is 4.39. The number of benzene rings is 1. The Morgan fingerprint density at radius 3 is 2.84 bits per heavy atom. The van der Waals surface area contributed by atoms with E-state index in [1.807, 2.05) is 18.2 Å². The van der Waals surface area contributed by atoms with Gasteiger partial charge in [0.05, 0.1) is 19.6 Å². The third kappa shape index (κ3) is 2.88. The Balaban J connectivity index is 2.25. The zero-order valence-corrected chi connectivity index (χ0v) is 11.2. The first-order valence-corrected chi connectivity index (χ1v) is 6.28. The van der Waals surface area contributed by atoms with Crippen molar-refractivity contribution in [3.05, 3.63) is 29.3 Å². The van der Waals surface area contributed by atoms with Gasteiger partial charge in [0.1, 0.15) is 5.75 Å². The number of methoxy groups -OCH3 is 2. The summed E-state index contributed by atoms with van der Waals surface area (Å²) >= 11 is 0. The minimum atomic E-state index is -0.748. The maximum atomic E-state index is 11.0. The first-order valence-electron chi connectivity index (χ1n) is 6.28. The van der Waals surface area contributed by atoms with Gasteiger partial charge in [0.15, 0.2) is 0 Å². The van der Waals surface area contributed by atoms with Crippen LogP contribution in [0.1, 0.15) is 23.6 Å². The molecule has 0 radical (unpaired) electrons. The van der Waals surface area contributed by atoms with Crippen LogP contribution in [0, 0.1) is 5.92 Å². The van der Waals surface area contributed by atoms with Crippen LogP contribution in [-0.4, -0.2) is 31.8 Å². The van der Waals surface area contributed by atoms with Crippen LogP contribution in [0.4, 0.5) is 0 Å². The van der Waals surface area contributed by atoms with Gasteiger partial charge in [-0.05, 0) is 6.42 Å². The summed E-state index contributed by atoms with van der Waals surface area (Å²) in [7, 11) is 3.27. The summed E-state index contributed by atoms with van der Waals surface area (Å²) in [5, 5.41) is 12.3. The molecule has 5 heteroatoms. The highest BCUT2D eigenvalue weighted by Gasteiger charge is 2.31. The largest absolute Gasteiger partial charge is 0.496 e. The summed E-state index contributed by atoms with van der Waals surface area (Å²) in [4.78, 5) is 11.0. The normalized spacial score (nSPS) is 22.4. The fourth-order valence-corrected chi connectivity index (χ4v) is 2.56. The van der Waals surface area contributed by atoms with Crippen LogP contribution in [0.5, 0.6) is 5.75 Å². The van der Waals surface area contributed by atoms with E-state index in [0.29, 0.717) is 19.6 Å². The molecule has 5 nitrogen and oxygen atoms in total. The van der Waals surface area contributed by atoms with Gasteiger partial charge < -0.3 is 19.9 Å². The number of carboxylic acid groups (broad SMARTS) is 1. The number of carboxylic acids is 1. The summed E-state index contributed by atoms with van der Waals surface area (Å²) in [5.74, 6) is -0.296. The van der Waals surface area contributed by atoms with E-state index in [0.717, 1.165) is 16.9 Å². The summed E-state index contributed by atoms with van der Waals surface area (Å²) in [6.45, 7) is 0.976. The van der Waals surface area contributed by atoms with Crippen molar-refractivity contribution in [2.75, 3.05) is 20.8 Å². The summed E-state index contributed by atoms with van der Waals surface area (Å²) < 4.78 is 10.6. The molecule has 2 rings (SSSR count). The number of ether oxygens (including phenoxy) is 2. The van der Waals surface area contributed by atoms with Crippen molar-refractivity contribution in [3.63, 3.8) is 0 Å². The fraction of sp³-hybridized carbons (Fsp3) is 0.500. The number of carbonyl (C=O) groups is 1. The second-order valence-corrected chi connectivity index (χ2v) is 4.70. The maximum absolute atomic E-state index is 11.0. The van der Waals surface area contributed by atoms with E-state index in [1.165, 1.54) is 0 Å². The van der Waals surface area contributed by atoms with E-state index in [-0.39, 0.29) is 12.0 Å². The Bertz CT molecular complexity index is 461. The molecule has 1 saturated heterocycles.